The molecule has 4 nitrogen and oxygen atoms in total. The average molecular weight is 183 g/mol. The van der Waals surface area contributed by atoms with E-state index in [1.807, 2.05) is 0 Å². The van der Waals surface area contributed by atoms with Gasteiger partial charge in [0.1, 0.15) is 0 Å². The number of nitrogens with one attached hydrogen (secondary N) is 1. The Morgan fingerprint density at radius 3 is 3.17 bits per heavy atom. The summed E-state index contributed by atoms with van der Waals surface area (Å²) in [6.07, 6.45) is 0. The van der Waals surface area contributed by atoms with Gasteiger partial charge in [-0.15, -0.1) is 11.3 Å². The second-order valence-electron chi connectivity index (χ2n) is 2.10. The molecule has 1 rings (SSSR count). The van der Waals surface area contributed by atoms with Gasteiger partial charge >= 0.3 is 5.97 Å². The predicted molar refractivity (Wildman–Crippen MR) is 44.3 cm³/mol. The van der Waals surface area contributed by atoms with E-state index in [1.165, 1.54) is 11.3 Å². The van der Waals surface area contributed by atoms with Gasteiger partial charge in [0.15, 0.2) is 11.2 Å². The van der Waals surface area contributed by atoms with Crippen LogP contribution in [0.5, 0.6) is 0 Å². The molecule has 1 heterocycles. The van der Waals surface area contributed by atoms with Crippen LogP contribution in [0.1, 0.15) is 17.4 Å². The highest BCUT2D eigenvalue weighted by Gasteiger charge is 2.08. The molecule has 0 saturated carbocycles. The molecule has 0 unspecified atom stereocenters. The first-order valence-corrected chi connectivity index (χ1v) is 4.02. The molecule has 0 aliphatic carbocycles. The van der Waals surface area contributed by atoms with E-state index in [1.54, 1.807) is 12.3 Å². The highest BCUT2D eigenvalue weighted by molar-refractivity contribution is 7.07. The number of hydrogen-bond acceptors (Lipinski definition) is 5. The van der Waals surface area contributed by atoms with Crippen LogP contribution >= 0.6 is 11.3 Å². The quantitative estimate of drug-likeness (QED) is 0.714. The molecule has 63 valence electrons. The average Bonchev–Trinajstić information content (AvgIpc) is 2.51. The van der Waals surface area contributed by atoms with Crippen molar-refractivity contribution in [1.82, 2.24) is 10.5 Å². The number of allylic oxidation sites excluding steroid dienone is 1. The minimum absolute atomic E-state index is 0.244. The van der Waals surface area contributed by atoms with Crippen LogP contribution < -0.4 is 5.48 Å². The van der Waals surface area contributed by atoms with Crippen LogP contribution in [-0.2, 0) is 4.84 Å². The van der Waals surface area contributed by atoms with Crippen molar-refractivity contribution in [2.24, 2.45) is 0 Å². The maximum Gasteiger partial charge on any atom is 0.381 e. The largest absolute Gasteiger partial charge is 0.381 e. The fraction of sp³-hybridized carbons (Fsp3) is 0.143. The monoisotopic (exact) mass is 183 g/mol. The zero-order chi connectivity index (χ0) is 8.97. The van der Waals surface area contributed by atoms with E-state index >= 15 is 0 Å². The Morgan fingerprint density at radius 1 is 1.92 bits per heavy atom. The molecule has 0 aliphatic heterocycles. The Balaban J connectivity index is 2.45. The molecule has 0 fully saturated rings. The topological polar surface area (TPSA) is 51.2 Å². The number of hydrogen-bond donors (Lipinski definition) is 1. The number of hydroxylamine groups is 1. The van der Waals surface area contributed by atoms with Gasteiger partial charge in [-0.1, -0.05) is 6.58 Å². The number of carbonyl (C=O) groups excluding carboxylic acids is 1. The minimum atomic E-state index is -0.532. The van der Waals surface area contributed by atoms with E-state index in [9.17, 15) is 4.79 Å². The third kappa shape index (κ3) is 2.35. The molecule has 0 aromatic carbocycles. The molecular weight excluding hydrogens is 176 g/mol. The molecule has 5 heteroatoms. The molecule has 1 aromatic rings. The van der Waals surface area contributed by atoms with Gasteiger partial charge in [-0.25, -0.2) is 15.3 Å². The van der Waals surface area contributed by atoms with Crippen LogP contribution in [0.4, 0.5) is 0 Å². The van der Waals surface area contributed by atoms with Gasteiger partial charge in [-0.3, -0.25) is 0 Å². The molecule has 0 saturated heterocycles. The summed E-state index contributed by atoms with van der Waals surface area (Å²) < 4.78 is 0. The Kier molecular flexibility index (Phi) is 2.82. The summed E-state index contributed by atoms with van der Waals surface area (Å²) in [6.45, 7) is 5.18. The lowest BCUT2D eigenvalue weighted by molar-refractivity contribution is 0.0319. The summed E-state index contributed by atoms with van der Waals surface area (Å²) in [6, 6.07) is 0. The molecule has 0 aliphatic rings. The van der Waals surface area contributed by atoms with Crippen LogP contribution in [0, 0.1) is 5.51 Å². The molecule has 0 amide bonds. The molecule has 0 atom stereocenters. The summed E-state index contributed by atoms with van der Waals surface area (Å²) in [5.74, 6) is -0.532. The Morgan fingerprint density at radius 2 is 2.67 bits per heavy atom. The molecule has 0 bridgehead atoms. The van der Waals surface area contributed by atoms with Gasteiger partial charge in [0.05, 0.1) is 0 Å². The summed E-state index contributed by atoms with van der Waals surface area (Å²) in [7, 11) is 0. The molecule has 1 N–H and O–H groups in total. The highest BCUT2D eigenvalue weighted by atomic mass is 32.1. The second kappa shape index (κ2) is 3.87. The van der Waals surface area contributed by atoms with Crippen molar-refractivity contribution >= 4 is 17.3 Å². The fourth-order valence-electron chi connectivity index (χ4n) is 0.464. The minimum Gasteiger partial charge on any atom is -0.337 e. The van der Waals surface area contributed by atoms with Crippen molar-refractivity contribution in [3.63, 3.8) is 0 Å². The first-order valence-electron chi connectivity index (χ1n) is 3.14. The van der Waals surface area contributed by atoms with Crippen LogP contribution in [0.15, 0.2) is 17.7 Å². The van der Waals surface area contributed by atoms with Crippen LogP contribution in [0.25, 0.3) is 0 Å². The molecular formula is C7H7N2O2S. The number of carbonyl (C=O) groups is 1. The smallest absolute Gasteiger partial charge is 0.337 e. The van der Waals surface area contributed by atoms with E-state index < -0.39 is 5.97 Å². The van der Waals surface area contributed by atoms with Crippen molar-refractivity contribution in [3.8, 4) is 0 Å². The summed E-state index contributed by atoms with van der Waals surface area (Å²) in [5, 5.41) is 1.56. The second-order valence-corrected chi connectivity index (χ2v) is 2.75. The zero-order valence-corrected chi connectivity index (χ0v) is 7.27. The van der Waals surface area contributed by atoms with E-state index in [4.69, 9.17) is 0 Å². The lowest BCUT2D eigenvalue weighted by Gasteiger charge is -2.02. The third-order valence-electron chi connectivity index (χ3n) is 0.916. The van der Waals surface area contributed by atoms with Crippen LogP contribution in [0.2, 0.25) is 0 Å². The third-order valence-corrected chi connectivity index (χ3v) is 1.45. The van der Waals surface area contributed by atoms with Crippen LogP contribution in [0.3, 0.4) is 0 Å². The Hall–Kier alpha value is -1.36. The molecule has 1 aromatic heterocycles. The molecule has 1 radical (unpaired) electrons. The van der Waals surface area contributed by atoms with Crippen molar-refractivity contribution in [1.29, 1.82) is 0 Å². The summed E-state index contributed by atoms with van der Waals surface area (Å²) >= 11 is 1.22. The van der Waals surface area contributed by atoms with Crippen molar-refractivity contribution < 1.29 is 9.63 Å². The standard InChI is InChI=1S/C7H7N2O2S/c1-5(2)9-11-7(10)6-3-12-4-8-6/h3,9H,1H2,2H3. The van der Waals surface area contributed by atoms with E-state index in [2.05, 4.69) is 27.4 Å². The first-order chi connectivity index (χ1) is 5.70. The molecule has 12 heavy (non-hydrogen) atoms. The van der Waals surface area contributed by atoms with Crippen LogP contribution in [-0.4, -0.2) is 11.0 Å². The first kappa shape index (κ1) is 8.73. The number of nitrogens with zero attached hydrogens (tertiary/aromatic N) is 1. The van der Waals surface area contributed by atoms with Gasteiger partial charge in [0.2, 0.25) is 0 Å². The van der Waals surface area contributed by atoms with Gasteiger partial charge in [-0.2, -0.15) is 0 Å². The summed E-state index contributed by atoms with van der Waals surface area (Å²) in [4.78, 5) is 19.2. The van der Waals surface area contributed by atoms with E-state index in [0.717, 1.165) is 0 Å². The van der Waals surface area contributed by atoms with Crippen molar-refractivity contribution in [2.45, 2.75) is 6.92 Å². The Labute approximate surface area is 73.8 Å². The van der Waals surface area contributed by atoms with E-state index in [0.29, 0.717) is 5.70 Å². The zero-order valence-electron chi connectivity index (χ0n) is 6.46. The van der Waals surface area contributed by atoms with E-state index in [-0.39, 0.29) is 5.69 Å². The fourth-order valence-corrected chi connectivity index (χ4v) is 0.928. The summed E-state index contributed by atoms with van der Waals surface area (Å²) in [5.41, 5.74) is 5.68. The van der Waals surface area contributed by atoms with Gasteiger partial charge < -0.3 is 4.84 Å². The highest BCUT2D eigenvalue weighted by Crippen LogP contribution is 2.01. The SMILES string of the molecule is C=C(C)NOC(=O)c1cs[c]n1. The van der Waals surface area contributed by atoms with Crippen molar-refractivity contribution in [2.75, 3.05) is 0 Å². The lowest BCUT2D eigenvalue weighted by Crippen LogP contribution is -2.17. The maximum atomic E-state index is 11.0. The normalized spacial score (nSPS) is 9.08. The Bertz CT molecular complexity index is 282. The number of thiazole rings is 1. The number of rotatable bonds is 3. The van der Waals surface area contributed by atoms with Gasteiger partial charge in [0, 0.05) is 11.1 Å². The van der Waals surface area contributed by atoms with Gasteiger partial charge in [0.25, 0.3) is 0 Å². The van der Waals surface area contributed by atoms with Crippen molar-refractivity contribution in [3.05, 3.63) is 28.9 Å². The predicted octanol–water partition coefficient (Wildman–Crippen LogP) is 1.14. The van der Waals surface area contributed by atoms with Gasteiger partial charge in [-0.05, 0) is 6.92 Å². The molecule has 0 spiro atoms. The maximum absolute atomic E-state index is 11.0. The number of aromatic nitrogens is 1. The lowest BCUT2D eigenvalue weighted by atomic mass is 10.5.